The Bertz CT molecular complexity index is 1690. The molecule has 272 valence electrons. The Morgan fingerprint density at radius 2 is 1.08 bits per heavy atom. The van der Waals surface area contributed by atoms with Crippen molar-refractivity contribution < 1.29 is 28.9 Å². The number of carbonyl (C=O) groups is 2. The van der Waals surface area contributed by atoms with Gasteiger partial charge in [-0.1, -0.05) is 78.6 Å². The van der Waals surface area contributed by atoms with Crippen LogP contribution in [0.3, 0.4) is 0 Å². The number of ether oxygens (including phenoxy) is 3. The number of carboxylic acids is 1. The quantitative estimate of drug-likeness (QED) is 0.0936. The highest BCUT2D eigenvalue weighted by Crippen LogP contribution is 2.24. The molecule has 0 aliphatic rings. The first kappa shape index (κ1) is 40.3. The van der Waals surface area contributed by atoms with Crippen molar-refractivity contribution in [1.29, 1.82) is 0 Å². The summed E-state index contributed by atoms with van der Waals surface area (Å²) in [5, 5.41) is 17.7. The van der Waals surface area contributed by atoms with Crippen LogP contribution in [0.4, 0.5) is 0 Å². The highest BCUT2D eigenvalue weighted by Gasteiger charge is 2.21. The van der Waals surface area contributed by atoms with Crippen LogP contribution in [0.5, 0.6) is 11.8 Å². The predicted molar refractivity (Wildman–Crippen MR) is 193 cm³/mol. The van der Waals surface area contributed by atoms with Crippen LogP contribution in [0.1, 0.15) is 83.0 Å². The third-order valence-electron chi connectivity index (χ3n) is 8.27. The summed E-state index contributed by atoms with van der Waals surface area (Å²) in [6, 6.07) is 9.74. The molecule has 0 unspecified atom stereocenters. The lowest BCUT2D eigenvalue weighted by atomic mass is 9.86. The van der Waals surface area contributed by atoms with Crippen LogP contribution in [0, 0.1) is 35.5 Å². The van der Waals surface area contributed by atoms with Crippen molar-refractivity contribution in [2.45, 2.75) is 62.3 Å². The molecule has 0 aliphatic heterocycles. The summed E-state index contributed by atoms with van der Waals surface area (Å²) in [7, 11) is 0. The monoisotopic (exact) mass is 730 g/mol. The third kappa shape index (κ3) is 11.2. The van der Waals surface area contributed by atoms with Gasteiger partial charge in [0, 0.05) is 24.5 Å². The number of halogens is 2. The van der Waals surface area contributed by atoms with Gasteiger partial charge in [0.15, 0.2) is 11.6 Å². The molecule has 0 aliphatic carbocycles. The van der Waals surface area contributed by atoms with Gasteiger partial charge in [0.1, 0.15) is 10.3 Å². The van der Waals surface area contributed by atoms with Crippen molar-refractivity contribution in [3.63, 3.8) is 0 Å². The maximum absolute atomic E-state index is 11.8. The van der Waals surface area contributed by atoms with E-state index in [1.165, 1.54) is 10.7 Å². The maximum atomic E-state index is 11.8. The zero-order chi connectivity index (χ0) is 37.1. The summed E-state index contributed by atoms with van der Waals surface area (Å²) in [6.07, 6.45) is 3.45. The molecule has 0 radical (unpaired) electrons. The molecule has 0 amide bonds. The van der Waals surface area contributed by atoms with Gasteiger partial charge in [0.2, 0.25) is 11.8 Å². The molecule has 12 nitrogen and oxygen atoms in total. The molecular formula is C36H48Cl2N6O6. The number of rotatable bonds is 15. The second-order valence-corrected chi connectivity index (χ2v) is 13.9. The first-order chi connectivity index (χ1) is 23.6. The second-order valence-electron chi connectivity index (χ2n) is 13.2. The molecule has 4 heterocycles. The number of esters is 1. The van der Waals surface area contributed by atoms with Gasteiger partial charge in [0.25, 0.3) is 0 Å². The Kier molecular flexibility index (Phi) is 15.1. The Morgan fingerprint density at radius 3 is 1.42 bits per heavy atom. The maximum Gasteiger partial charge on any atom is 0.341 e. The van der Waals surface area contributed by atoms with Gasteiger partial charge in [0.05, 0.1) is 30.9 Å². The minimum atomic E-state index is -1.11. The van der Waals surface area contributed by atoms with Crippen LogP contribution in [0.25, 0.3) is 11.6 Å². The van der Waals surface area contributed by atoms with Gasteiger partial charge < -0.3 is 19.3 Å². The molecule has 0 fully saturated rings. The Morgan fingerprint density at radius 1 is 0.680 bits per heavy atom. The molecule has 1 N–H and O–H groups in total. The van der Waals surface area contributed by atoms with Gasteiger partial charge in [-0.05, 0) is 66.7 Å². The summed E-state index contributed by atoms with van der Waals surface area (Å²) in [5.74, 6) is 3.38. The lowest BCUT2D eigenvalue weighted by molar-refractivity contribution is 0.0525. The standard InChI is InChI=1S/C19H26ClN3O3.C17H22ClN3O3/c1-6-25-19(24)14-7-8-16(21-18(14)20)23-10-9-17(22-23)26-11-15(12(2)3)13(4)5;1-10(2)13(11(3)4)9-24-15-7-8-21(20-15)14-6-5-12(17(22)23)16(18)19-14/h7-10,12-13,15H,6,11H2,1-5H3;5-8,10-11,13H,9H2,1-4H3,(H,22,23). The summed E-state index contributed by atoms with van der Waals surface area (Å²) in [5.41, 5.74) is 0.193. The number of hydrogen-bond acceptors (Lipinski definition) is 9. The molecule has 0 bridgehead atoms. The number of carbonyl (C=O) groups excluding carboxylic acids is 1. The largest absolute Gasteiger partial charge is 0.478 e. The highest BCUT2D eigenvalue weighted by molar-refractivity contribution is 6.32. The van der Waals surface area contributed by atoms with Gasteiger partial charge in [-0.15, -0.1) is 10.2 Å². The Hall–Kier alpha value is -4.16. The van der Waals surface area contributed by atoms with Crippen LogP contribution in [-0.2, 0) is 4.74 Å². The molecule has 0 aromatic carbocycles. The van der Waals surface area contributed by atoms with Crippen LogP contribution >= 0.6 is 23.2 Å². The molecule has 50 heavy (non-hydrogen) atoms. The van der Waals surface area contributed by atoms with E-state index >= 15 is 0 Å². The van der Waals surface area contributed by atoms with E-state index in [9.17, 15) is 9.59 Å². The number of nitrogens with zero attached hydrogens (tertiary/aromatic N) is 6. The average Bonchev–Trinajstić information content (AvgIpc) is 3.71. The highest BCUT2D eigenvalue weighted by atomic mass is 35.5. The minimum Gasteiger partial charge on any atom is -0.478 e. The van der Waals surface area contributed by atoms with Crippen molar-refractivity contribution in [2.75, 3.05) is 19.8 Å². The van der Waals surface area contributed by atoms with Gasteiger partial charge >= 0.3 is 11.9 Å². The van der Waals surface area contributed by atoms with Gasteiger partial charge in [-0.25, -0.2) is 28.9 Å². The molecule has 0 atom stereocenters. The Labute approximate surface area is 304 Å². The van der Waals surface area contributed by atoms with Crippen molar-refractivity contribution in [2.24, 2.45) is 35.5 Å². The van der Waals surface area contributed by atoms with Crippen LogP contribution in [-0.4, -0.2) is 66.4 Å². The molecule has 4 rings (SSSR count). The fraction of sp³-hybridized carbons (Fsp3) is 0.500. The lowest BCUT2D eigenvalue weighted by Crippen LogP contribution is -2.23. The SMILES string of the molecule is CC(C)C(COc1ccn(-c2ccc(C(=O)O)c(Cl)n2)n1)C(C)C.CCOC(=O)c1ccc(-n2ccc(OCC(C(C)C)C(C)C)n2)nc1Cl. The average molecular weight is 732 g/mol. The van der Waals surface area contributed by atoms with Crippen LogP contribution < -0.4 is 9.47 Å². The van der Waals surface area contributed by atoms with Crippen molar-refractivity contribution in [1.82, 2.24) is 29.5 Å². The van der Waals surface area contributed by atoms with Crippen molar-refractivity contribution in [3.05, 3.63) is 70.2 Å². The Balaban J connectivity index is 0.000000271. The van der Waals surface area contributed by atoms with E-state index in [1.54, 1.807) is 54.3 Å². The number of aromatic carboxylic acids is 1. The summed E-state index contributed by atoms with van der Waals surface area (Å²) in [4.78, 5) is 31.0. The first-order valence-electron chi connectivity index (χ1n) is 16.7. The third-order valence-corrected chi connectivity index (χ3v) is 8.84. The second kappa shape index (κ2) is 18.7. The summed E-state index contributed by atoms with van der Waals surface area (Å²) >= 11 is 12.0. The van der Waals surface area contributed by atoms with Crippen LogP contribution in [0.2, 0.25) is 10.3 Å². The molecule has 4 aromatic rings. The van der Waals surface area contributed by atoms with Gasteiger partial charge in [-0.3, -0.25) is 0 Å². The fourth-order valence-electron chi connectivity index (χ4n) is 5.32. The molecule has 4 aromatic heterocycles. The summed E-state index contributed by atoms with van der Waals surface area (Å²) in [6.45, 7) is 20.8. The number of pyridine rings is 2. The molecule has 0 saturated carbocycles. The number of hydrogen-bond donors (Lipinski definition) is 1. The lowest BCUT2D eigenvalue weighted by Gasteiger charge is -2.24. The van der Waals surface area contributed by atoms with E-state index < -0.39 is 11.9 Å². The molecule has 14 heteroatoms. The van der Waals surface area contributed by atoms with E-state index in [4.69, 9.17) is 42.5 Å². The minimum absolute atomic E-state index is 0.0410. The molecule has 0 saturated heterocycles. The predicted octanol–water partition coefficient (Wildman–Crippen LogP) is 8.33. The van der Waals surface area contributed by atoms with Crippen molar-refractivity contribution >= 4 is 35.1 Å². The van der Waals surface area contributed by atoms with E-state index in [2.05, 4.69) is 75.6 Å². The molecular weight excluding hydrogens is 683 g/mol. The van der Waals surface area contributed by atoms with Crippen molar-refractivity contribution in [3.8, 4) is 23.4 Å². The topological polar surface area (TPSA) is 143 Å². The normalized spacial score (nSPS) is 11.5. The van der Waals surface area contributed by atoms with Gasteiger partial charge in [-0.2, -0.15) is 0 Å². The zero-order valence-electron chi connectivity index (χ0n) is 30.1. The first-order valence-corrected chi connectivity index (χ1v) is 17.5. The van der Waals surface area contributed by atoms with E-state index in [0.717, 1.165) is 0 Å². The number of carboxylic acid groups (broad SMARTS) is 1. The molecule has 0 spiro atoms. The van der Waals surface area contributed by atoms with E-state index in [0.29, 0.717) is 72.1 Å². The van der Waals surface area contributed by atoms with Crippen LogP contribution in [0.15, 0.2) is 48.8 Å². The fourth-order valence-corrected chi connectivity index (χ4v) is 5.78. The van der Waals surface area contributed by atoms with E-state index in [-0.39, 0.29) is 28.0 Å². The number of aromatic nitrogens is 6. The van der Waals surface area contributed by atoms with E-state index in [1.807, 2.05) is 0 Å². The summed E-state index contributed by atoms with van der Waals surface area (Å²) < 4.78 is 19.7. The smallest absolute Gasteiger partial charge is 0.341 e. The zero-order valence-corrected chi connectivity index (χ0v) is 31.6.